The molecule has 3 aromatic carbocycles. The van der Waals surface area contributed by atoms with Crippen LogP contribution in [-0.4, -0.2) is 35.2 Å². The lowest BCUT2D eigenvalue weighted by Gasteiger charge is -2.36. The van der Waals surface area contributed by atoms with E-state index >= 15 is 0 Å². The second-order valence-electron chi connectivity index (χ2n) is 8.75. The van der Waals surface area contributed by atoms with E-state index in [1.807, 2.05) is 6.07 Å². The molecule has 164 valence electrons. The molecule has 0 fully saturated rings. The summed E-state index contributed by atoms with van der Waals surface area (Å²) < 4.78 is 0. The molecule has 0 spiro atoms. The van der Waals surface area contributed by atoms with Gasteiger partial charge in [-0.3, -0.25) is 4.90 Å². The number of hydrogen-bond donors (Lipinski definition) is 2. The Balaban J connectivity index is 1.85. The van der Waals surface area contributed by atoms with Crippen molar-refractivity contribution < 1.29 is 5.11 Å². The summed E-state index contributed by atoms with van der Waals surface area (Å²) in [6.07, 6.45) is 0.344. The van der Waals surface area contributed by atoms with E-state index < -0.39 is 6.10 Å². The topological polar surface area (TPSA) is 35.5 Å². The average molecular weight is 417 g/mol. The van der Waals surface area contributed by atoms with E-state index in [2.05, 4.69) is 109 Å². The lowest BCUT2D eigenvalue weighted by molar-refractivity contribution is 0.0390. The Labute approximate surface area is 187 Å². The standard InChI is InChI=1S/C28H36N2O/c1-23(2)19-29-20-28(31)27(18-24-12-6-3-7-13-24)30(21-25-14-8-4-9-15-25)22-26-16-10-5-11-17-26/h3-17,23,27-29,31H,18-22H2,1-2H3/t27-,28?/m0/s1. The first-order valence-electron chi connectivity index (χ1n) is 11.4. The van der Waals surface area contributed by atoms with Crippen LogP contribution in [-0.2, 0) is 19.5 Å². The molecule has 0 aromatic heterocycles. The molecule has 0 radical (unpaired) electrons. The zero-order valence-corrected chi connectivity index (χ0v) is 18.8. The third-order valence-electron chi connectivity index (χ3n) is 5.56. The minimum atomic E-state index is -0.466. The van der Waals surface area contributed by atoms with Gasteiger partial charge in [0.15, 0.2) is 0 Å². The number of aliphatic hydroxyl groups is 1. The number of nitrogens with zero attached hydrogens (tertiary/aromatic N) is 1. The van der Waals surface area contributed by atoms with Gasteiger partial charge in [0.1, 0.15) is 0 Å². The molecule has 3 aromatic rings. The van der Waals surface area contributed by atoms with Crippen molar-refractivity contribution in [2.24, 2.45) is 5.92 Å². The molecule has 0 aliphatic carbocycles. The fourth-order valence-corrected chi connectivity index (χ4v) is 3.95. The molecule has 0 aliphatic rings. The first-order valence-corrected chi connectivity index (χ1v) is 11.4. The van der Waals surface area contributed by atoms with Crippen molar-refractivity contribution in [2.75, 3.05) is 13.1 Å². The normalized spacial score (nSPS) is 13.5. The summed E-state index contributed by atoms with van der Waals surface area (Å²) >= 11 is 0. The molecule has 0 saturated carbocycles. The van der Waals surface area contributed by atoms with Crippen LogP contribution in [0.25, 0.3) is 0 Å². The highest BCUT2D eigenvalue weighted by Gasteiger charge is 2.27. The summed E-state index contributed by atoms with van der Waals surface area (Å²) in [6, 6.07) is 31.6. The zero-order valence-electron chi connectivity index (χ0n) is 18.8. The molecule has 2 N–H and O–H groups in total. The van der Waals surface area contributed by atoms with Gasteiger partial charge < -0.3 is 10.4 Å². The first kappa shape index (κ1) is 23.2. The van der Waals surface area contributed by atoms with Crippen molar-refractivity contribution in [3.05, 3.63) is 108 Å². The van der Waals surface area contributed by atoms with Gasteiger partial charge in [0.05, 0.1) is 6.10 Å². The molecular formula is C28H36N2O. The van der Waals surface area contributed by atoms with Crippen molar-refractivity contribution >= 4 is 0 Å². The lowest BCUT2D eigenvalue weighted by atomic mass is 9.97. The van der Waals surface area contributed by atoms with Gasteiger partial charge in [0.2, 0.25) is 0 Å². The third-order valence-corrected chi connectivity index (χ3v) is 5.56. The quantitative estimate of drug-likeness (QED) is 0.440. The first-order chi connectivity index (χ1) is 15.1. The van der Waals surface area contributed by atoms with E-state index in [4.69, 9.17) is 0 Å². The van der Waals surface area contributed by atoms with Crippen LogP contribution in [0, 0.1) is 5.92 Å². The van der Waals surface area contributed by atoms with Crippen LogP contribution in [0.3, 0.4) is 0 Å². The zero-order chi connectivity index (χ0) is 21.9. The lowest BCUT2D eigenvalue weighted by Crippen LogP contribution is -2.48. The Morgan fingerprint density at radius 2 is 1.13 bits per heavy atom. The monoisotopic (exact) mass is 416 g/mol. The van der Waals surface area contributed by atoms with Gasteiger partial charge in [-0.05, 0) is 35.6 Å². The molecule has 0 saturated heterocycles. The maximum Gasteiger partial charge on any atom is 0.0822 e. The van der Waals surface area contributed by atoms with Crippen molar-refractivity contribution in [2.45, 2.75) is 45.5 Å². The van der Waals surface area contributed by atoms with Crippen molar-refractivity contribution in [3.63, 3.8) is 0 Å². The molecule has 2 atom stereocenters. The number of benzene rings is 3. The Morgan fingerprint density at radius 1 is 0.677 bits per heavy atom. The van der Waals surface area contributed by atoms with Gasteiger partial charge in [-0.1, -0.05) is 105 Å². The Morgan fingerprint density at radius 3 is 1.58 bits per heavy atom. The number of nitrogens with one attached hydrogen (secondary N) is 1. The van der Waals surface area contributed by atoms with Crippen LogP contribution >= 0.6 is 0 Å². The fraction of sp³-hybridized carbons (Fsp3) is 0.357. The summed E-state index contributed by atoms with van der Waals surface area (Å²) in [6.45, 7) is 7.49. The van der Waals surface area contributed by atoms with E-state index in [0.29, 0.717) is 12.5 Å². The SMILES string of the molecule is CC(C)CNCC(O)[C@H](Cc1ccccc1)N(Cc1ccccc1)Cc1ccccc1. The highest BCUT2D eigenvalue weighted by atomic mass is 16.3. The van der Waals surface area contributed by atoms with Crippen LogP contribution in [0.5, 0.6) is 0 Å². The van der Waals surface area contributed by atoms with Gasteiger partial charge in [0.25, 0.3) is 0 Å². The van der Waals surface area contributed by atoms with Gasteiger partial charge in [-0.25, -0.2) is 0 Å². The summed E-state index contributed by atoms with van der Waals surface area (Å²) in [5, 5.41) is 14.8. The minimum absolute atomic E-state index is 0.00229. The highest BCUT2D eigenvalue weighted by molar-refractivity contribution is 5.20. The molecule has 0 bridgehead atoms. The van der Waals surface area contributed by atoms with E-state index in [-0.39, 0.29) is 6.04 Å². The third kappa shape index (κ3) is 7.95. The summed E-state index contributed by atoms with van der Waals surface area (Å²) in [4.78, 5) is 2.43. The number of aliphatic hydroxyl groups excluding tert-OH is 1. The smallest absolute Gasteiger partial charge is 0.0822 e. The molecule has 0 heterocycles. The Kier molecular flexibility index (Phi) is 9.29. The largest absolute Gasteiger partial charge is 0.390 e. The summed E-state index contributed by atoms with van der Waals surface area (Å²) in [7, 11) is 0. The maximum absolute atomic E-state index is 11.3. The van der Waals surface area contributed by atoms with Gasteiger partial charge in [0, 0.05) is 25.7 Å². The Hall–Kier alpha value is -2.46. The molecule has 0 aliphatic heterocycles. The number of rotatable bonds is 12. The van der Waals surface area contributed by atoms with E-state index in [9.17, 15) is 5.11 Å². The molecule has 31 heavy (non-hydrogen) atoms. The fourth-order valence-electron chi connectivity index (χ4n) is 3.95. The second kappa shape index (κ2) is 12.4. The van der Waals surface area contributed by atoms with E-state index in [0.717, 1.165) is 26.1 Å². The molecule has 0 amide bonds. The minimum Gasteiger partial charge on any atom is -0.390 e. The van der Waals surface area contributed by atoms with Crippen LogP contribution in [0.2, 0.25) is 0 Å². The van der Waals surface area contributed by atoms with E-state index in [1.165, 1.54) is 16.7 Å². The van der Waals surface area contributed by atoms with Crippen LogP contribution < -0.4 is 5.32 Å². The summed E-state index contributed by atoms with van der Waals surface area (Å²) in [5.74, 6) is 0.560. The predicted octanol–water partition coefficient (Wildman–Crippen LogP) is 4.91. The van der Waals surface area contributed by atoms with Crippen LogP contribution in [0.1, 0.15) is 30.5 Å². The number of hydrogen-bond acceptors (Lipinski definition) is 3. The maximum atomic E-state index is 11.3. The van der Waals surface area contributed by atoms with Crippen LogP contribution in [0.4, 0.5) is 0 Å². The van der Waals surface area contributed by atoms with Crippen LogP contribution in [0.15, 0.2) is 91.0 Å². The van der Waals surface area contributed by atoms with Crippen molar-refractivity contribution in [3.8, 4) is 0 Å². The molecular weight excluding hydrogens is 380 g/mol. The molecule has 3 heteroatoms. The molecule has 3 rings (SSSR count). The van der Waals surface area contributed by atoms with Gasteiger partial charge >= 0.3 is 0 Å². The van der Waals surface area contributed by atoms with E-state index in [1.54, 1.807) is 0 Å². The summed E-state index contributed by atoms with van der Waals surface area (Å²) in [5.41, 5.74) is 3.78. The molecule has 3 nitrogen and oxygen atoms in total. The van der Waals surface area contributed by atoms with Gasteiger partial charge in [-0.15, -0.1) is 0 Å². The van der Waals surface area contributed by atoms with Crippen molar-refractivity contribution in [1.82, 2.24) is 10.2 Å². The Bertz CT molecular complexity index is 810. The molecule has 1 unspecified atom stereocenters. The van der Waals surface area contributed by atoms with Crippen molar-refractivity contribution in [1.29, 1.82) is 0 Å². The highest BCUT2D eigenvalue weighted by Crippen LogP contribution is 2.19. The average Bonchev–Trinajstić information content (AvgIpc) is 2.79. The van der Waals surface area contributed by atoms with Gasteiger partial charge in [-0.2, -0.15) is 0 Å². The second-order valence-corrected chi connectivity index (χ2v) is 8.75. The predicted molar refractivity (Wildman–Crippen MR) is 130 cm³/mol.